The predicted molar refractivity (Wildman–Crippen MR) is 52.4 cm³/mol. The van der Waals surface area contributed by atoms with Crippen molar-refractivity contribution in [3.63, 3.8) is 0 Å². The van der Waals surface area contributed by atoms with Gasteiger partial charge < -0.3 is 19.5 Å². The minimum Gasteiger partial charge on any atom is -0.442 e. The molecule has 15 heavy (non-hydrogen) atoms. The zero-order chi connectivity index (χ0) is 10.7. The van der Waals surface area contributed by atoms with Gasteiger partial charge in [0, 0.05) is 6.61 Å². The highest BCUT2D eigenvalue weighted by atomic mass is 16.7. The summed E-state index contributed by atoms with van der Waals surface area (Å²) in [5.41, 5.74) is 0. The second-order valence-corrected chi connectivity index (χ2v) is 4.01. The zero-order valence-corrected chi connectivity index (χ0v) is 8.90. The summed E-state index contributed by atoms with van der Waals surface area (Å²) in [7, 11) is 0. The third kappa shape index (κ3) is 2.82. The summed E-state index contributed by atoms with van der Waals surface area (Å²) in [5, 5.41) is 2.67. The van der Waals surface area contributed by atoms with Gasteiger partial charge in [-0.2, -0.15) is 0 Å². The molecule has 0 aromatic rings. The Morgan fingerprint density at radius 2 is 2.40 bits per heavy atom. The minimum absolute atomic E-state index is 0.0149. The number of cyclic esters (lactones) is 1. The van der Waals surface area contributed by atoms with Gasteiger partial charge in [-0.05, 0) is 26.2 Å². The molecule has 1 amide bonds. The number of hydrogen-bond donors (Lipinski definition) is 1. The molecule has 0 saturated carbocycles. The lowest BCUT2D eigenvalue weighted by atomic mass is 10.2. The molecular weight excluding hydrogens is 198 g/mol. The highest BCUT2D eigenvalue weighted by Gasteiger charge is 2.31. The van der Waals surface area contributed by atoms with Gasteiger partial charge in [-0.15, -0.1) is 0 Å². The molecule has 0 spiro atoms. The molecule has 0 radical (unpaired) electrons. The van der Waals surface area contributed by atoms with Crippen molar-refractivity contribution in [2.45, 2.75) is 44.6 Å². The number of ether oxygens (including phenoxy) is 3. The molecule has 1 unspecified atom stereocenters. The van der Waals surface area contributed by atoms with Crippen molar-refractivity contribution in [2.75, 3.05) is 13.2 Å². The van der Waals surface area contributed by atoms with Gasteiger partial charge in [0.05, 0.1) is 12.6 Å². The Morgan fingerprint density at radius 1 is 1.53 bits per heavy atom. The van der Waals surface area contributed by atoms with Crippen LogP contribution >= 0.6 is 0 Å². The van der Waals surface area contributed by atoms with E-state index < -0.39 is 0 Å². The average Bonchev–Trinajstić information content (AvgIpc) is 2.56. The lowest BCUT2D eigenvalue weighted by molar-refractivity contribution is -0.173. The first-order valence-corrected chi connectivity index (χ1v) is 5.46. The Hall–Kier alpha value is -0.810. The summed E-state index contributed by atoms with van der Waals surface area (Å²) < 4.78 is 16.0. The minimum atomic E-state index is -0.360. The Morgan fingerprint density at radius 3 is 3.00 bits per heavy atom. The van der Waals surface area contributed by atoms with E-state index in [-0.39, 0.29) is 24.5 Å². The fourth-order valence-corrected chi connectivity index (χ4v) is 1.78. The smallest absolute Gasteiger partial charge is 0.407 e. The van der Waals surface area contributed by atoms with Gasteiger partial charge in [0.1, 0.15) is 6.10 Å². The van der Waals surface area contributed by atoms with E-state index in [0.717, 1.165) is 25.9 Å². The average molecular weight is 215 g/mol. The molecule has 2 fully saturated rings. The van der Waals surface area contributed by atoms with Crippen LogP contribution in [0, 0.1) is 0 Å². The van der Waals surface area contributed by atoms with E-state index in [4.69, 9.17) is 14.2 Å². The number of alkyl carbamates (subject to hydrolysis) is 1. The van der Waals surface area contributed by atoms with Crippen LogP contribution in [0.5, 0.6) is 0 Å². The third-order valence-corrected chi connectivity index (χ3v) is 2.75. The molecule has 2 aliphatic rings. The van der Waals surface area contributed by atoms with Gasteiger partial charge in [-0.1, -0.05) is 0 Å². The van der Waals surface area contributed by atoms with Gasteiger partial charge in [0.25, 0.3) is 0 Å². The Labute approximate surface area is 89.1 Å². The molecule has 1 N–H and O–H groups in total. The molecule has 2 heterocycles. The van der Waals surface area contributed by atoms with Crippen molar-refractivity contribution in [3.05, 3.63) is 0 Å². The molecule has 2 rings (SSSR count). The fraction of sp³-hybridized carbons (Fsp3) is 0.900. The number of rotatable bonds is 3. The maximum Gasteiger partial charge on any atom is 0.407 e. The van der Waals surface area contributed by atoms with E-state index in [1.54, 1.807) is 0 Å². The van der Waals surface area contributed by atoms with Crippen LogP contribution in [-0.2, 0) is 14.2 Å². The lowest BCUT2D eigenvalue weighted by Gasteiger charge is -2.24. The second kappa shape index (κ2) is 4.81. The van der Waals surface area contributed by atoms with E-state index in [9.17, 15) is 4.79 Å². The normalized spacial score (nSPS) is 36.1. The van der Waals surface area contributed by atoms with Gasteiger partial charge in [-0.3, -0.25) is 0 Å². The Balaban J connectivity index is 1.70. The van der Waals surface area contributed by atoms with Gasteiger partial charge >= 0.3 is 6.09 Å². The van der Waals surface area contributed by atoms with E-state index in [1.807, 2.05) is 6.92 Å². The molecule has 0 bridgehead atoms. The zero-order valence-electron chi connectivity index (χ0n) is 8.90. The monoisotopic (exact) mass is 215 g/mol. The van der Waals surface area contributed by atoms with E-state index in [0.29, 0.717) is 6.61 Å². The largest absolute Gasteiger partial charge is 0.442 e. The van der Waals surface area contributed by atoms with Crippen molar-refractivity contribution < 1.29 is 19.0 Å². The van der Waals surface area contributed by atoms with E-state index in [1.165, 1.54) is 0 Å². The van der Waals surface area contributed by atoms with Crippen LogP contribution in [0.2, 0.25) is 0 Å². The summed E-state index contributed by atoms with van der Waals surface area (Å²) in [4.78, 5) is 10.9. The molecule has 0 aliphatic carbocycles. The van der Waals surface area contributed by atoms with Crippen LogP contribution in [0.25, 0.3) is 0 Å². The summed E-state index contributed by atoms with van der Waals surface area (Å²) >= 11 is 0. The Kier molecular flexibility index (Phi) is 3.43. The third-order valence-electron chi connectivity index (χ3n) is 2.75. The molecule has 3 atom stereocenters. The van der Waals surface area contributed by atoms with Crippen molar-refractivity contribution in [2.24, 2.45) is 0 Å². The quantitative estimate of drug-likeness (QED) is 0.763. The molecule has 0 aromatic carbocycles. The number of carbonyl (C=O) groups excluding carboxylic acids is 1. The summed E-state index contributed by atoms with van der Waals surface area (Å²) in [6.07, 6.45) is 2.51. The Bertz CT molecular complexity index is 227. The van der Waals surface area contributed by atoms with Crippen molar-refractivity contribution in [3.8, 4) is 0 Å². The molecule has 86 valence electrons. The predicted octanol–water partition coefficient (Wildman–Crippen LogP) is 1.03. The molecule has 0 aromatic heterocycles. The lowest BCUT2D eigenvalue weighted by Crippen LogP contribution is -2.33. The topological polar surface area (TPSA) is 56.8 Å². The summed E-state index contributed by atoms with van der Waals surface area (Å²) in [6, 6.07) is 0.0149. The van der Waals surface area contributed by atoms with Crippen LogP contribution < -0.4 is 5.32 Å². The van der Waals surface area contributed by atoms with E-state index in [2.05, 4.69) is 5.32 Å². The number of hydrogen-bond acceptors (Lipinski definition) is 4. The van der Waals surface area contributed by atoms with Crippen LogP contribution in [-0.4, -0.2) is 37.7 Å². The summed E-state index contributed by atoms with van der Waals surface area (Å²) in [5.74, 6) is 0. The van der Waals surface area contributed by atoms with E-state index >= 15 is 0 Å². The van der Waals surface area contributed by atoms with Crippen molar-refractivity contribution >= 4 is 6.09 Å². The highest BCUT2D eigenvalue weighted by molar-refractivity contribution is 5.70. The van der Waals surface area contributed by atoms with Gasteiger partial charge in [-0.25, -0.2) is 4.79 Å². The highest BCUT2D eigenvalue weighted by Crippen LogP contribution is 2.16. The first-order valence-electron chi connectivity index (χ1n) is 5.46. The molecular formula is C10H17NO4. The standard InChI is InChI=1S/C10H17NO4/c1-7-8(15-10(12)11-7)6-14-9-4-2-3-5-13-9/h7-9H,2-6H2,1H3,(H,11,12)/t7-,8-,9?/m0/s1. The second-order valence-electron chi connectivity index (χ2n) is 4.01. The van der Waals surface area contributed by atoms with Crippen LogP contribution in [0.3, 0.4) is 0 Å². The molecule has 2 aliphatic heterocycles. The van der Waals surface area contributed by atoms with Crippen LogP contribution in [0.1, 0.15) is 26.2 Å². The number of amides is 1. The maximum absolute atomic E-state index is 10.9. The summed E-state index contributed by atoms with van der Waals surface area (Å²) in [6.45, 7) is 3.08. The first-order chi connectivity index (χ1) is 7.25. The van der Waals surface area contributed by atoms with Crippen LogP contribution in [0.4, 0.5) is 4.79 Å². The fourth-order valence-electron chi connectivity index (χ4n) is 1.78. The number of nitrogens with one attached hydrogen (secondary N) is 1. The van der Waals surface area contributed by atoms with Crippen molar-refractivity contribution in [1.82, 2.24) is 5.32 Å². The molecule has 5 nitrogen and oxygen atoms in total. The van der Waals surface area contributed by atoms with Crippen LogP contribution in [0.15, 0.2) is 0 Å². The van der Waals surface area contributed by atoms with Gasteiger partial charge in [0.15, 0.2) is 6.29 Å². The number of carbonyl (C=O) groups is 1. The molecule has 5 heteroatoms. The SMILES string of the molecule is C[C@@H]1NC(=O)O[C@H]1COC1CCCCO1. The van der Waals surface area contributed by atoms with Crippen molar-refractivity contribution in [1.29, 1.82) is 0 Å². The van der Waals surface area contributed by atoms with Gasteiger partial charge in [0.2, 0.25) is 0 Å². The first kappa shape index (κ1) is 10.7. The molecule has 2 saturated heterocycles. The maximum atomic E-state index is 10.9.